The Kier molecular flexibility index (Phi) is 9.82. The first-order valence-electron chi connectivity index (χ1n) is 14.8. The number of hydrogen-bond acceptors (Lipinski definition) is 6. The van der Waals surface area contributed by atoms with Crippen LogP contribution in [0.2, 0.25) is 0 Å². The number of rotatable bonds is 12. The van der Waals surface area contributed by atoms with Gasteiger partial charge < -0.3 is 20.5 Å². The number of aliphatic hydroxyl groups is 1. The lowest BCUT2D eigenvalue weighted by atomic mass is 9.94. The van der Waals surface area contributed by atoms with Gasteiger partial charge in [0.2, 0.25) is 10.0 Å². The predicted octanol–water partition coefficient (Wildman–Crippen LogP) is 4.38. The van der Waals surface area contributed by atoms with Gasteiger partial charge in [0.05, 0.1) is 30.7 Å². The average molecular weight is 592 g/mol. The van der Waals surface area contributed by atoms with Gasteiger partial charge in [-0.05, 0) is 78.6 Å². The van der Waals surface area contributed by atoms with E-state index in [1.807, 2.05) is 66.7 Å². The van der Waals surface area contributed by atoms with Crippen LogP contribution < -0.4 is 19.7 Å². The topological polar surface area (TPSA) is 108 Å². The minimum atomic E-state index is -3.39. The van der Waals surface area contributed by atoms with Crippen molar-refractivity contribution in [3.05, 3.63) is 95.1 Å². The number of benzene rings is 3. The van der Waals surface area contributed by atoms with Crippen molar-refractivity contribution in [3.63, 3.8) is 0 Å². The fraction of sp³-hybridized carbons (Fsp3) is 0.424. The van der Waals surface area contributed by atoms with Crippen molar-refractivity contribution in [3.8, 4) is 5.75 Å². The van der Waals surface area contributed by atoms with E-state index in [1.54, 1.807) is 13.2 Å². The van der Waals surface area contributed by atoms with Crippen molar-refractivity contribution < 1.29 is 23.1 Å². The number of nitrogens with zero attached hydrogens (tertiary/aromatic N) is 1. The SMILES string of the molecule is COc1cccc(CNC[C@@H](O)[C@H](Cc2ccccc2)NC(=O)c2cc(C3CCCC3)cc(N3CCCS3(=O)=O)c2)c1. The summed E-state index contributed by atoms with van der Waals surface area (Å²) in [5, 5.41) is 17.7. The molecule has 42 heavy (non-hydrogen) atoms. The van der Waals surface area contributed by atoms with Crippen molar-refractivity contribution in [2.24, 2.45) is 0 Å². The van der Waals surface area contributed by atoms with E-state index in [1.165, 1.54) is 4.31 Å². The van der Waals surface area contributed by atoms with E-state index >= 15 is 0 Å². The molecule has 8 nitrogen and oxygen atoms in total. The molecule has 0 radical (unpaired) electrons. The molecule has 1 saturated heterocycles. The third-order valence-corrected chi connectivity index (χ3v) is 10.2. The summed E-state index contributed by atoms with van der Waals surface area (Å²) in [6.07, 6.45) is 4.49. The van der Waals surface area contributed by atoms with Gasteiger partial charge in [-0.15, -0.1) is 0 Å². The van der Waals surface area contributed by atoms with E-state index in [-0.39, 0.29) is 18.2 Å². The minimum Gasteiger partial charge on any atom is -0.497 e. The van der Waals surface area contributed by atoms with Crippen molar-refractivity contribution in [1.29, 1.82) is 0 Å². The van der Waals surface area contributed by atoms with E-state index < -0.39 is 22.2 Å². The highest BCUT2D eigenvalue weighted by Gasteiger charge is 2.31. The smallest absolute Gasteiger partial charge is 0.251 e. The molecule has 0 bridgehead atoms. The maximum absolute atomic E-state index is 13.8. The molecule has 5 rings (SSSR count). The fourth-order valence-electron chi connectivity index (χ4n) is 6.03. The third-order valence-electron chi connectivity index (χ3n) is 8.31. The fourth-order valence-corrected chi connectivity index (χ4v) is 7.57. The monoisotopic (exact) mass is 591 g/mol. The molecule has 0 aromatic heterocycles. The molecule has 1 aliphatic carbocycles. The molecule has 1 saturated carbocycles. The lowest BCUT2D eigenvalue weighted by Gasteiger charge is -2.26. The Labute approximate surface area is 249 Å². The molecule has 0 spiro atoms. The Morgan fingerprint density at radius 3 is 2.48 bits per heavy atom. The van der Waals surface area contributed by atoms with Gasteiger partial charge in [0.1, 0.15) is 5.75 Å². The van der Waals surface area contributed by atoms with Gasteiger partial charge >= 0.3 is 0 Å². The van der Waals surface area contributed by atoms with Gasteiger partial charge in [-0.3, -0.25) is 9.10 Å². The highest BCUT2D eigenvalue weighted by atomic mass is 32.2. The molecular formula is C33H41N3O5S. The average Bonchev–Trinajstić information content (AvgIpc) is 3.67. The zero-order valence-corrected chi connectivity index (χ0v) is 25.0. The second-order valence-corrected chi connectivity index (χ2v) is 13.4. The standard InChI is InChI=1S/C33H41N3O5S/c1-41-30-14-7-11-25(17-30)22-34-23-32(37)31(18-24-9-3-2-4-10-24)35-33(38)28-19-27(26-12-5-6-13-26)20-29(21-28)36-15-8-16-42(36,39)40/h2-4,7,9-11,14,17,19-21,26,31-32,34,37H,5-6,8,12-13,15-16,18,22-23H2,1H3,(H,35,38)/t31-,32+/m0/s1. The van der Waals surface area contributed by atoms with Crippen LogP contribution in [0.3, 0.4) is 0 Å². The van der Waals surface area contributed by atoms with Crippen LogP contribution in [-0.4, -0.2) is 57.5 Å². The Morgan fingerprint density at radius 2 is 1.76 bits per heavy atom. The Hall–Kier alpha value is -3.40. The van der Waals surface area contributed by atoms with Crippen molar-refractivity contribution in [2.75, 3.05) is 30.3 Å². The number of nitrogens with one attached hydrogen (secondary N) is 2. The summed E-state index contributed by atoms with van der Waals surface area (Å²) in [4.78, 5) is 13.8. The molecule has 2 fully saturated rings. The zero-order chi connectivity index (χ0) is 29.5. The largest absolute Gasteiger partial charge is 0.497 e. The predicted molar refractivity (Wildman–Crippen MR) is 166 cm³/mol. The first-order valence-corrected chi connectivity index (χ1v) is 16.5. The van der Waals surface area contributed by atoms with Gasteiger partial charge in [0, 0.05) is 25.2 Å². The number of hydrogen-bond donors (Lipinski definition) is 3. The van der Waals surface area contributed by atoms with Crippen molar-refractivity contribution in [2.45, 2.75) is 63.1 Å². The van der Waals surface area contributed by atoms with Gasteiger partial charge in [-0.1, -0.05) is 55.3 Å². The van der Waals surface area contributed by atoms with Gasteiger partial charge in [-0.25, -0.2) is 8.42 Å². The summed E-state index contributed by atoms with van der Waals surface area (Å²) < 4.78 is 32.3. The minimum absolute atomic E-state index is 0.121. The number of carbonyl (C=O) groups excluding carboxylic acids is 1. The summed E-state index contributed by atoms with van der Waals surface area (Å²) in [5.41, 5.74) is 4.02. The van der Waals surface area contributed by atoms with E-state index in [9.17, 15) is 18.3 Å². The van der Waals surface area contributed by atoms with Gasteiger partial charge in [0.15, 0.2) is 0 Å². The summed E-state index contributed by atoms with van der Waals surface area (Å²) in [7, 11) is -1.76. The maximum atomic E-state index is 13.8. The zero-order valence-electron chi connectivity index (χ0n) is 24.2. The van der Waals surface area contributed by atoms with E-state index in [4.69, 9.17) is 4.74 Å². The Morgan fingerprint density at radius 1 is 1.00 bits per heavy atom. The molecule has 1 amide bonds. The third kappa shape index (κ3) is 7.51. The number of amides is 1. The van der Waals surface area contributed by atoms with Crippen molar-refractivity contribution in [1.82, 2.24) is 10.6 Å². The normalized spacial score (nSPS) is 18.1. The maximum Gasteiger partial charge on any atom is 0.251 e. The first kappa shape index (κ1) is 30.1. The summed E-state index contributed by atoms with van der Waals surface area (Å²) in [5.74, 6) is 0.884. The molecule has 1 heterocycles. The molecule has 1 aliphatic heterocycles. The molecule has 3 aromatic rings. The van der Waals surface area contributed by atoms with Crippen LogP contribution in [0.4, 0.5) is 5.69 Å². The van der Waals surface area contributed by atoms with Gasteiger partial charge in [-0.2, -0.15) is 0 Å². The quantitative estimate of drug-likeness (QED) is 0.289. The molecule has 3 N–H and O–H groups in total. The van der Waals surface area contributed by atoms with Crippen LogP contribution in [0.1, 0.15) is 65.1 Å². The molecular weight excluding hydrogens is 550 g/mol. The summed E-state index contributed by atoms with van der Waals surface area (Å²) in [6.45, 7) is 1.23. The molecule has 3 aromatic carbocycles. The van der Waals surface area contributed by atoms with Crippen LogP contribution in [0.5, 0.6) is 5.75 Å². The highest BCUT2D eigenvalue weighted by molar-refractivity contribution is 7.93. The Bertz CT molecular complexity index is 1460. The van der Waals surface area contributed by atoms with Crippen LogP contribution in [0, 0.1) is 0 Å². The summed E-state index contributed by atoms with van der Waals surface area (Å²) >= 11 is 0. The van der Waals surface area contributed by atoms with E-state index in [0.29, 0.717) is 43.1 Å². The highest BCUT2D eigenvalue weighted by Crippen LogP contribution is 2.37. The molecule has 9 heteroatoms. The van der Waals surface area contributed by atoms with Gasteiger partial charge in [0.25, 0.3) is 5.91 Å². The molecule has 0 unspecified atom stereocenters. The van der Waals surface area contributed by atoms with Crippen LogP contribution in [0.25, 0.3) is 0 Å². The summed E-state index contributed by atoms with van der Waals surface area (Å²) in [6, 6.07) is 22.5. The second-order valence-electron chi connectivity index (χ2n) is 11.4. The van der Waals surface area contributed by atoms with E-state index in [0.717, 1.165) is 48.1 Å². The van der Waals surface area contributed by atoms with Crippen molar-refractivity contribution >= 4 is 21.6 Å². The molecule has 224 valence electrons. The Balaban J connectivity index is 1.35. The number of anilines is 1. The number of ether oxygens (including phenoxy) is 1. The van der Waals surface area contributed by atoms with Crippen LogP contribution in [-0.2, 0) is 23.0 Å². The second kappa shape index (κ2) is 13.7. The molecule has 2 aliphatic rings. The lowest BCUT2D eigenvalue weighted by molar-refractivity contribution is 0.0830. The number of sulfonamides is 1. The molecule has 2 atom stereocenters. The van der Waals surface area contributed by atoms with Crippen LogP contribution in [0.15, 0.2) is 72.8 Å². The van der Waals surface area contributed by atoms with E-state index in [2.05, 4.69) is 10.6 Å². The lowest BCUT2D eigenvalue weighted by Crippen LogP contribution is -2.48. The number of aliphatic hydroxyl groups excluding tert-OH is 1. The first-order chi connectivity index (χ1) is 20.3. The number of methoxy groups -OCH3 is 1. The van der Waals surface area contributed by atoms with Crippen LogP contribution >= 0.6 is 0 Å². The number of carbonyl (C=O) groups is 1.